The van der Waals surface area contributed by atoms with Crippen LogP contribution in [0.1, 0.15) is 16.7 Å². The molecule has 0 saturated carbocycles. The molecule has 3 aromatic carbocycles. The van der Waals surface area contributed by atoms with E-state index >= 15 is 0 Å². The quantitative estimate of drug-likeness (QED) is 0.308. The fourth-order valence-corrected chi connectivity index (χ4v) is 3.26. The number of rotatable bonds is 6. The van der Waals surface area contributed by atoms with Crippen LogP contribution in [0.3, 0.4) is 0 Å². The Kier molecular flexibility index (Phi) is 7.59. The summed E-state index contributed by atoms with van der Waals surface area (Å²) in [5.41, 5.74) is 2.77. The fraction of sp³-hybridized carbons (Fsp3) is 0.0833. The first-order valence-corrected chi connectivity index (χ1v) is 10.4. The second kappa shape index (κ2) is 10.4. The minimum atomic E-state index is -0.521. The van der Waals surface area contributed by atoms with Crippen molar-refractivity contribution in [2.24, 2.45) is 0 Å². The Balaban J connectivity index is 1.84. The van der Waals surface area contributed by atoms with Gasteiger partial charge in [0.15, 0.2) is 0 Å². The first-order chi connectivity index (χ1) is 14.9. The van der Waals surface area contributed by atoms with E-state index in [1.54, 1.807) is 42.5 Å². The van der Waals surface area contributed by atoms with Gasteiger partial charge in [0.1, 0.15) is 24.0 Å². The van der Waals surface area contributed by atoms with Gasteiger partial charge in [0.2, 0.25) is 0 Å². The molecule has 156 valence electrons. The molecule has 0 aromatic heterocycles. The number of amides is 1. The lowest BCUT2D eigenvalue weighted by Crippen LogP contribution is -2.14. The second-order valence-corrected chi connectivity index (χ2v) is 7.91. The number of nitrogens with zero attached hydrogens (tertiary/aromatic N) is 1. The van der Waals surface area contributed by atoms with E-state index in [9.17, 15) is 10.1 Å². The van der Waals surface area contributed by atoms with Crippen LogP contribution in [0, 0.1) is 18.3 Å². The zero-order valence-electron chi connectivity index (χ0n) is 16.5. The van der Waals surface area contributed by atoms with Crippen molar-refractivity contribution in [2.75, 3.05) is 5.32 Å². The van der Waals surface area contributed by atoms with Crippen molar-refractivity contribution in [3.05, 3.63) is 98.0 Å². The maximum atomic E-state index is 12.6. The highest BCUT2D eigenvalue weighted by atomic mass is 35.5. The number of aryl methyl sites for hydroxylation is 1. The summed E-state index contributed by atoms with van der Waals surface area (Å²) in [7, 11) is 0. The number of anilines is 1. The summed E-state index contributed by atoms with van der Waals surface area (Å²) in [5.74, 6) is -0.0564. The monoisotopic (exact) mass is 470 g/mol. The van der Waals surface area contributed by atoms with E-state index < -0.39 is 5.91 Å². The predicted octanol–water partition coefficient (Wildman–Crippen LogP) is 7.08. The van der Waals surface area contributed by atoms with Crippen molar-refractivity contribution >= 4 is 52.5 Å². The number of halogens is 3. The summed E-state index contributed by atoms with van der Waals surface area (Å²) in [4.78, 5) is 12.6. The highest BCUT2D eigenvalue weighted by molar-refractivity contribution is 6.42. The van der Waals surface area contributed by atoms with Gasteiger partial charge in [-0.15, -0.1) is 0 Å². The molecule has 0 aliphatic rings. The molecular formula is C24H17Cl3N2O2. The Morgan fingerprint density at radius 1 is 1.06 bits per heavy atom. The number of carbonyl (C=O) groups excluding carboxylic acids is 1. The predicted molar refractivity (Wildman–Crippen MR) is 126 cm³/mol. The Hall–Kier alpha value is -2.97. The average Bonchev–Trinajstić information content (AvgIpc) is 2.75. The zero-order valence-corrected chi connectivity index (χ0v) is 18.7. The molecule has 0 spiro atoms. The fourth-order valence-electron chi connectivity index (χ4n) is 2.76. The van der Waals surface area contributed by atoms with Crippen LogP contribution in [-0.2, 0) is 11.4 Å². The lowest BCUT2D eigenvalue weighted by atomic mass is 10.1. The maximum absolute atomic E-state index is 12.6. The van der Waals surface area contributed by atoms with Crippen molar-refractivity contribution < 1.29 is 9.53 Å². The normalized spacial score (nSPS) is 11.0. The van der Waals surface area contributed by atoms with Gasteiger partial charge >= 0.3 is 0 Å². The molecule has 0 bridgehead atoms. The Bertz CT molecular complexity index is 1200. The van der Waals surface area contributed by atoms with Gasteiger partial charge in [0, 0.05) is 16.3 Å². The van der Waals surface area contributed by atoms with Crippen molar-refractivity contribution in [1.29, 1.82) is 5.26 Å². The van der Waals surface area contributed by atoms with E-state index in [4.69, 9.17) is 39.5 Å². The standard InChI is InChI=1S/C24H17Cl3N2O2/c1-15-4-2-3-5-22(15)29-24(30)18(13-28)11-17-12-19(25)7-9-23(17)31-14-16-6-8-20(26)21(27)10-16/h2-12H,14H2,1H3,(H,29,30)/b18-11+. The minimum Gasteiger partial charge on any atom is -0.488 e. The summed E-state index contributed by atoms with van der Waals surface area (Å²) < 4.78 is 5.89. The van der Waals surface area contributed by atoms with Gasteiger partial charge in [-0.3, -0.25) is 4.79 Å². The first kappa shape index (κ1) is 22.7. The molecule has 31 heavy (non-hydrogen) atoms. The van der Waals surface area contributed by atoms with Gasteiger partial charge < -0.3 is 10.1 Å². The van der Waals surface area contributed by atoms with Crippen LogP contribution in [0.5, 0.6) is 5.75 Å². The minimum absolute atomic E-state index is 0.0788. The van der Waals surface area contributed by atoms with Crippen molar-refractivity contribution in [2.45, 2.75) is 13.5 Å². The number of ether oxygens (including phenoxy) is 1. The number of benzene rings is 3. The molecule has 3 aromatic rings. The summed E-state index contributed by atoms with van der Waals surface area (Å²) in [6, 6.07) is 19.5. The van der Waals surface area contributed by atoms with Crippen molar-refractivity contribution in [3.63, 3.8) is 0 Å². The third-order valence-corrected chi connectivity index (χ3v) is 5.38. The van der Waals surface area contributed by atoms with Crippen LogP contribution < -0.4 is 10.1 Å². The topological polar surface area (TPSA) is 62.1 Å². The smallest absolute Gasteiger partial charge is 0.266 e. The highest BCUT2D eigenvalue weighted by Crippen LogP contribution is 2.28. The number of hydrogen-bond donors (Lipinski definition) is 1. The molecule has 1 N–H and O–H groups in total. The summed E-state index contributed by atoms with van der Waals surface area (Å²) >= 11 is 18.1. The average molecular weight is 472 g/mol. The van der Waals surface area contributed by atoms with Crippen LogP contribution in [0.4, 0.5) is 5.69 Å². The van der Waals surface area contributed by atoms with E-state index in [0.29, 0.717) is 32.1 Å². The van der Waals surface area contributed by atoms with E-state index in [-0.39, 0.29) is 12.2 Å². The lowest BCUT2D eigenvalue weighted by molar-refractivity contribution is -0.112. The number of hydrogen-bond acceptors (Lipinski definition) is 3. The molecular weight excluding hydrogens is 455 g/mol. The molecule has 0 heterocycles. The Morgan fingerprint density at radius 3 is 2.55 bits per heavy atom. The molecule has 1 amide bonds. The molecule has 0 aliphatic carbocycles. The molecule has 0 atom stereocenters. The van der Waals surface area contributed by atoms with Crippen LogP contribution >= 0.6 is 34.8 Å². The molecule has 0 fully saturated rings. The summed E-state index contributed by atoms with van der Waals surface area (Å²) in [6.45, 7) is 2.09. The van der Waals surface area contributed by atoms with Gasteiger partial charge in [-0.05, 0) is 60.5 Å². The molecule has 0 saturated heterocycles. The number of nitriles is 1. The van der Waals surface area contributed by atoms with Crippen LogP contribution in [0.15, 0.2) is 66.2 Å². The van der Waals surface area contributed by atoms with Crippen molar-refractivity contribution in [3.8, 4) is 11.8 Å². The molecule has 0 radical (unpaired) electrons. The van der Waals surface area contributed by atoms with Gasteiger partial charge in [-0.1, -0.05) is 59.1 Å². The summed E-state index contributed by atoms with van der Waals surface area (Å²) in [5, 5.41) is 13.6. The highest BCUT2D eigenvalue weighted by Gasteiger charge is 2.13. The van der Waals surface area contributed by atoms with E-state index in [1.807, 2.05) is 31.2 Å². The Labute approximate surface area is 195 Å². The second-order valence-electron chi connectivity index (χ2n) is 6.66. The van der Waals surface area contributed by atoms with Gasteiger partial charge in [-0.2, -0.15) is 5.26 Å². The van der Waals surface area contributed by atoms with Crippen molar-refractivity contribution in [1.82, 2.24) is 0 Å². The molecule has 0 aliphatic heterocycles. The van der Waals surface area contributed by atoms with E-state index in [2.05, 4.69) is 5.32 Å². The van der Waals surface area contributed by atoms with Crippen LogP contribution in [0.2, 0.25) is 15.1 Å². The molecule has 4 nitrogen and oxygen atoms in total. The number of carbonyl (C=O) groups is 1. The SMILES string of the molecule is Cc1ccccc1NC(=O)/C(C#N)=C/c1cc(Cl)ccc1OCc1ccc(Cl)c(Cl)c1. The largest absolute Gasteiger partial charge is 0.488 e. The lowest BCUT2D eigenvalue weighted by Gasteiger charge is -2.11. The zero-order chi connectivity index (χ0) is 22.4. The maximum Gasteiger partial charge on any atom is 0.266 e. The third-order valence-electron chi connectivity index (χ3n) is 4.41. The summed E-state index contributed by atoms with van der Waals surface area (Å²) in [6.07, 6.45) is 1.45. The third kappa shape index (κ3) is 6.02. The number of nitrogens with one attached hydrogen (secondary N) is 1. The molecule has 3 rings (SSSR count). The van der Waals surface area contributed by atoms with Gasteiger partial charge in [0.25, 0.3) is 5.91 Å². The molecule has 7 heteroatoms. The van der Waals surface area contributed by atoms with E-state index in [1.165, 1.54) is 6.08 Å². The van der Waals surface area contributed by atoms with E-state index in [0.717, 1.165) is 11.1 Å². The van der Waals surface area contributed by atoms with Crippen LogP contribution in [-0.4, -0.2) is 5.91 Å². The first-order valence-electron chi connectivity index (χ1n) is 9.22. The van der Waals surface area contributed by atoms with Gasteiger partial charge in [0.05, 0.1) is 10.0 Å². The number of para-hydroxylation sites is 1. The Morgan fingerprint density at radius 2 is 1.84 bits per heavy atom. The van der Waals surface area contributed by atoms with Gasteiger partial charge in [-0.25, -0.2) is 0 Å². The van der Waals surface area contributed by atoms with Crippen LogP contribution in [0.25, 0.3) is 6.08 Å². The molecule has 0 unspecified atom stereocenters.